The lowest BCUT2D eigenvalue weighted by Crippen LogP contribution is -2.63. The number of thioether (sulfide) groups is 1. The van der Waals surface area contributed by atoms with E-state index < -0.39 is 162 Å². The van der Waals surface area contributed by atoms with Gasteiger partial charge >= 0.3 is 5.97 Å². The van der Waals surface area contributed by atoms with Crippen LogP contribution in [0.5, 0.6) is 0 Å². The van der Waals surface area contributed by atoms with Crippen molar-refractivity contribution in [2.24, 2.45) is 41.4 Å². The third-order valence-electron chi connectivity index (χ3n) is 16.4. The molecule has 0 unspecified atom stereocenters. The van der Waals surface area contributed by atoms with E-state index in [0.29, 0.717) is 0 Å². The molecule has 1 aliphatic rings. The number of aliphatic hydroxyl groups excluding tert-OH is 1. The number of allylic oxidation sites excluding steroid dienone is 1. The van der Waals surface area contributed by atoms with Gasteiger partial charge in [-0.25, -0.2) is 4.79 Å². The molecule has 1 heterocycles. The fourth-order valence-corrected chi connectivity index (χ4v) is 11.1. The van der Waals surface area contributed by atoms with Gasteiger partial charge in [0.05, 0.1) is 12.6 Å². The van der Waals surface area contributed by atoms with Crippen LogP contribution in [-0.2, 0) is 62.3 Å². The van der Waals surface area contributed by atoms with Gasteiger partial charge in [0.1, 0.15) is 66.4 Å². The van der Waals surface area contributed by atoms with Crippen LogP contribution in [0.3, 0.4) is 0 Å². The number of hydrogen-bond acceptors (Lipinski definition) is 15. The second-order valence-electron chi connectivity index (χ2n) is 26.8. The fourth-order valence-electron chi connectivity index (χ4n) is 10.9. The summed E-state index contributed by atoms with van der Waals surface area (Å²) in [6.45, 7) is 27.1. The Balaban J connectivity index is 4.37. The first-order chi connectivity index (χ1) is 41.6. The summed E-state index contributed by atoms with van der Waals surface area (Å²) >= 11 is 1.29. The maximum atomic E-state index is 15.3. The van der Waals surface area contributed by atoms with Crippen LogP contribution in [0.15, 0.2) is 12.2 Å². The Bertz CT molecular complexity index is 2490. The molecule has 0 aromatic rings. The molecule has 90 heavy (non-hydrogen) atoms. The summed E-state index contributed by atoms with van der Waals surface area (Å²) in [7, 11) is 9.73. The highest BCUT2D eigenvalue weighted by molar-refractivity contribution is 7.98. The van der Waals surface area contributed by atoms with E-state index in [4.69, 9.17) is 4.74 Å². The van der Waals surface area contributed by atoms with Gasteiger partial charge in [0, 0.05) is 55.4 Å². The quantitative estimate of drug-likeness (QED) is 0.0748. The Labute approximate surface area is 541 Å². The number of amides is 11. The van der Waals surface area contributed by atoms with Gasteiger partial charge in [0.25, 0.3) is 0 Å². The molecule has 0 aliphatic carbocycles. The number of esters is 1. The molecular formula is C64H113N11O14S. The number of hydrogen-bond donors (Lipinski definition) is 5. The SMILES string of the molecule is CC[C@@H]1NC(=O)[C@H]([C@H](O)[C@H](C)C/C=C/C(=O)OCSC)N(C)C(=O)[C@H](C(C)C)N(C)C(=O)[C@@H](CC(C)C)N(C)C(=O)[C@H](CC(C)C)N(C)C(=O)[C@@H](C)NC(=O)[C@H](C)NC(=O)[C@@H](CC(C)C)N(C)C(=O)[C@H](C(C)C)NC(=O)[C@H](CC(C)C)N(C)C(=O)CN(C)C1=O. The predicted octanol–water partition coefficient (Wildman–Crippen LogP) is 3.11. The molecule has 0 spiro atoms. The number of ether oxygens (including phenoxy) is 1. The molecule has 5 N–H and O–H groups in total. The minimum atomic E-state index is -1.74. The number of likely N-dealkylation sites (N-methyl/N-ethyl adjacent to an activating group) is 7. The Morgan fingerprint density at radius 1 is 0.522 bits per heavy atom. The Morgan fingerprint density at radius 2 is 0.956 bits per heavy atom. The van der Waals surface area contributed by atoms with Crippen molar-refractivity contribution in [1.29, 1.82) is 0 Å². The third kappa shape index (κ3) is 23.7. The van der Waals surface area contributed by atoms with Gasteiger partial charge in [-0.1, -0.05) is 103 Å². The van der Waals surface area contributed by atoms with Crippen LogP contribution in [0, 0.1) is 41.4 Å². The van der Waals surface area contributed by atoms with Crippen molar-refractivity contribution in [3.05, 3.63) is 12.2 Å². The Morgan fingerprint density at radius 3 is 1.42 bits per heavy atom. The molecule has 0 saturated carbocycles. The first kappa shape index (κ1) is 81.7. The van der Waals surface area contributed by atoms with Crippen LogP contribution in [-0.4, -0.2) is 245 Å². The molecule has 0 aromatic carbocycles. The first-order valence-electron chi connectivity index (χ1n) is 31.7. The molecule has 1 aliphatic heterocycles. The van der Waals surface area contributed by atoms with E-state index in [-0.39, 0.29) is 68.1 Å². The van der Waals surface area contributed by atoms with Gasteiger partial charge in [-0.2, -0.15) is 0 Å². The zero-order chi connectivity index (χ0) is 69.7. The van der Waals surface area contributed by atoms with E-state index in [0.717, 1.165) is 9.80 Å². The lowest BCUT2D eigenvalue weighted by molar-refractivity contribution is -0.157. The second-order valence-corrected chi connectivity index (χ2v) is 27.6. The molecule has 0 radical (unpaired) electrons. The number of carbonyl (C=O) groups is 12. The summed E-state index contributed by atoms with van der Waals surface area (Å²) in [6, 6.07) is -12.8. The summed E-state index contributed by atoms with van der Waals surface area (Å²) in [5, 5.41) is 23.2. The minimum absolute atomic E-state index is 0.0169. The number of carbonyl (C=O) groups excluding carboxylic acids is 12. The Hall–Kier alpha value is -6.31. The van der Waals surface area contributed by atoms with E-state index in [1.807, 2.05) is 55.4 Å². The van der Waals surface area contributed by atoms with Gasteiger partial charge in [-0.15, -0.1) is 11.8 Å². The summed E-state index contributed by atoms with van der Waals surface area (Å²) in [5.41, 5.74) is 0. The molecule has 25 nitrogen and oxygen atoms in total. The molecule has 1 saturated heterocycles. The van der Waals surface area contributed by atoms with Crippen molar-refractivity contribution >= 4 is 82.7 Å². The van der Waals surface area contributed by atoms with Crippen molar-refractivity contribution in [1.82, 2.24) is 55.6 Å². The number of aliphatic hydroxyl groups is 1. The molecule has 514 valence electrons. The normalized spacial score (nSPS) is 26.0. The molecule has 11 amide bonds. The van der Waals surface area contributed by atoms with Crippen LogP contribution in [0.4, 0.5) is 0 Å². The topological polar surface area (TPSA) is 305 Å². The van der Waals surface area contributed by atoms with Crippen molar-refractivity contribution in [3.63, 3.8) is 0 Å². The van der Waals surface area contributed by atoms with Crippen LogP contribution in [0.1, 0.15) is 149 Å². The van der Waals surface area contributed by atoms with Gasteiger partial charge in [-0.3, -0.25) is 52.7 Å². The Kier molecular flexibility index (Phi) is 34.4. The lowest BCUT2D eigenvalue weighted by atomic mass is 9.91. The molecule has 26 heteroatoms. The highest BCUT2D eigenvalue weighted by Crippen LogP contribution is 2.26. The van der Waals surface area contributed by atoms with E-state index >= 15 is 14.4 Å². The van der Waals surface area contributed by atoms with Crippen LogP contribution >= 0.6 is 11.8 Å². The first-order valence-corrected chi connectivity index (χ1v) is 33.1. The van der Waals surface area contributed by atoms with Gasteiger partial charge < -0.3 is 65.4 Å². The minimum Gasteiger partial charge on any atom is -0.451 e. The van der Waals surface area contributed by atoms with Gasteiger partial charge in [0.15, 0.2) is 0 Å². The summed E-state index contributed by atoms with van der Waals surface area (Å²) in [6.07, 6.45) is 3.24. The molecule has 1 fully saturated rings. The van der Waals surface area contributed by atoms with Crippen molar-refractivity contribution < 1.29 is 67.4 Å². The van der Waals surface area contributed by atoms with Crippen LogP contribution in [0.2, 0.25) is 0 Å². The molecular weight excluding hydrogens is 1180 g/mol. The highest BCUT2D eigenvalue weighted by Gasteiger charge is 2.46. The lowest BCUT2D eigenvalue weighted by Gasteiger charge is -2.41. The van der Waals surface area contributed by atoms with E-state index in [1.165, 1.54) is 112 Å². The van der Waals surface area contributed by atoms with E-state index in [2.05, 4.69) is 21.3 Å². The van der Waals surface area contributed by atoms with Crippen LogP contribution < -0.4 is 21.3 Å². The summed E-state index contributed by atoms with van der Waals surface area (Å²) in [5.74, 6) is -11.0. The number of nitrogens with zero attached hydrogens (tertiary/aromatic N) is 7. The maximum absolute atomic E-state index is 15.3. The summed E-state index contributed by atoms with van der Waals surface area (Å²) < 4.78 is 5.12. The number of rotatable bonds is 18. The molecule has 12 atom stereocenters. The monoisotopic (exact) mass is 1290 g/mol. The summed E-state index contributed by atoms with van der Waals surface area (Å²) in [4.78, 5) is 181. The predicted molar refractivity (Wildman–Crippen MR) is 347 cm³/mol. The molecule has 0 aromatic heterocycles. The maximum Gasteiger partial charge on any atom is 0.331 e. The smallest absolute Gasteiger partial charge is 0.331 e. The van der Waals surface area contributed by atoms with Crippen molar-refractivity contribution in [2.45, 2.75) is 216 Å². The van der Waals surface area contributed by atoms with E-state index in [9.17, 15) is 48.3 Å². The average molecular weight is 1290 g/mol. The van der Waals surface area contributed by atoms with Crippen LogP contribution in [0.25, 0.3) is 0 Å². The molecule has 1 rings (SSSR count). The van der Waals surface area contributed by atoms with Crippen molar-refractivity contribution in [2.75, 3.05) is 68.1 Å². The van der Waals surface area contributed by atoms with E-state index in [1.54, 1.807) is 47.8 Å². The molecule has 0 bridgehead atoms. The van der Waals surface area contributed by atoms with Gasteiger partial charge in [0.2, 0.25) is 65.0 Å². The largest absolute Gasteiger partial charge is 0.451 e. The average Bonchev–Trinajstić information content (AvgIpc) is 1.04. The number of nitrogens with one attached hydrogen (secondary N) is 4. The second kappa shape index (κ2) is 37.9. The standard InChI is InChI=1S/C64H113N11O14S/c1-25-44-60(84)69(17)33-49(76)70(18)45(29-35(2)3)57(81)68-51(39(10)11)63(87)71(19)46(30-36(4)5)56(80)65-42(15)55(79)66-43(16)59(83)72(20)47(31-37(6)7)61(85)73(21)48(32-38(8)9)62(86)74(22)52(40(12)13)64(88)75(23)53(58(82)67-44)54(78)41(14)27-26-28-50(77)89-34-90-24/h26,28,35-48,51-54,78H,25,27,29-34H2,1-24H3,(H,65,80)(H,66,79)(H,67,82)(H,68,81)/b28-26+/t41-,42+,43-,44+,45+,46-,47+,48-,51+,52+,53+,54-/m1/s1. The fraction of sp³-hybridized carbons (Fsp3) is 0.781. The van der Waals surface area contributed by atoms with Crippen molar-refractivity contribution in [3.8, 4) is 0 Å². The zero-order valence-corrected chi connectivity index (χ0v) is 59.3. The van der Waals surface area contributed by atoms with Gasteiger partial charge in [-0.05, 0) is 100 Å². The highest BCUT2D eigenvalue weighted by atomic mass is 32.2. The zero-order valence-electron chi connectivity index (χ0n) is 58.5. The third-order valence-corrected chi connectivity index (χ3v) is 16.8.